The number of aromatic nitrogens is 1. The van der Waals surface area contributed by atoms with Gasteiger partial charge < -0.3 is 10.4 Å². The Labute approximate surface area is 127 Å². The third-order valence-corrected chi connectivity index (χ3v) is 4.51. The van der Waals surface area contributed by atoms with E-state index in [9.17, 15) is 4.79 Å². The van der Waals surface area contributed by atoms with E-state index in [1.165, 1.54) is 11.3 Å². The van der Waals surface area contributed by atoms with Crippen LogP contribution in [0.3, 0.4) is 0 Å². The Bertz CT molecular complexity index is 617. The van der Waals surface area contributed by atoms with Crippen molar-refractivity contribution in [2.45, 2.75) is 31.8 Å². The van der Waals surface area contributed by atoms with Crippen LogP contribution in [0.1, 0.15) is 45.3 Å². The first-order valence-corrected chi connectivity index (χ1v) is 8.06. The molecule has 1 aliphatic rings. The van der Waals surface area contributed by atoms with Gasteiger partial charge in [-0.25, -0.2) is 4.98 Å². The highest BCUT2D eigenvalue weighted by Crippen LogP contribution is 2.41. The summed E-state index contributed by atoms with van der Waals surface area (Å²) in [5, 5.41) is 12.0. The van der Waals surface area contributed by atoms with E-state index in [1.807, 2.05) is 24.3 Å². The maximum atomic E-state index is 12.2. The van der Waals surface area contributed by atoms with Crippen molar-refractivity contribution in [2.75, 3.05) is 6.54 Å². The van der Waals surface area contributed by atoms with Crippen LogP contribution in [0.25, 0.3) is 0 Å². The van der Waals surface area contributed by atoms with Gasteiger partial charge in [-0.15, -0.1) is 11.3 Å². The number of hydrogen-bond acceptors (Lipinski definition) is 4. The number of aliphatic hydroxyl groups excluding tert-OH is 1. The molecule has 0 radical (unpaired) electrons. The molecule has 1 aromatic heterocycles. The van der Waals surface area contributed by atoms with Gasteiger partial charge in [-0.1, -0.05) is 24.3 Å². The zero-order valence-electron chi connectivity index (χ0n) is 11.7. The minimum atomic E-state index is -0.00798. The van der Waals surface area contributed by atoms with Crippen LogP contribution in [-0.4, -0.2) is 22.5 Å². The zero-order chi connectivity index (χ0) is 14.7. The molecular weight excluding hydrogens is 284 g/mol. The molecule has 0 unspecified atom stereocenters. The molecule has 5 heteroatoms. The second-order valence-electron chi connectivity index (χ2n) is 5.32. The molecule has 0 aliphatic heterocycles. The smallest absolute Gasteiger partial charge is 0.263 e. The van der Waals surface area contributed by atoms with Gasteiger partial charge in [-0.05, 0) is 30.4 Å². The van der Waals surface area contributed by atoms with Gasteiger partial charge in [-0.3, -0.25) is 4.79 Å². The zero-order valence-corrected chi connectivity index (χ0v) is 12.5. The Kier molecular flexibility index (Phi) is 4.31. The summed E-state index contributed by atoms with van der Waals surface area (Å²) < 4.78 is 0. The minimum absolute atomic E-state index is 0.00798. The number of nitrogens with zero attached hydrogens (tertiary/aromatic N) is 1. The molecule has 1 fully saturated rings. The molecule has 1 aliphatic carbocycles. The summed E-state index contributed by atoms with van der Waals surface area (Å²) in [6.45, 7) is 0.672. The number of carbonyl (C=O) groups is 1. The predicted octanol–water partition coefficient (Wildman–Crippen LogP) is 2.49. The third-order valence-electron chi connectivity index (χ3n) is 3.67. The average molecular weight is 302 g/mol. The van der Waals surface area contributed by atoms with Crippen LogP contribution < -0.4 is 5.32 Å². The van der Waals surface area contributed by atoms with Gasteiger partial charge in [0.25, 0.3) is 5.91 Å². The van der Waals surface area contributed by atoms with E-state index in [0.29, 0.717) is 12.5 Å². The monoisotopic (exact) mass is 302 g/mol. The maximum absolute atomic E-state index is 12.2. The van der Waals surface area contributed by atoms with Crippen molar-refractivity contribution in [3.8, 4) is 0 Å². The van der Waals surface area contributed by atoms with Crippen molar-refractivity contribution in [1.29, 1.82) is 0 Å². The number of benzene rings is 1. The van der Waals surface area contributed by atoms with Crippen molar-refractivity contribution in [2.24, 2.45) is 0 Å². The fourth-order valence-corrected chi connectivity index (χ4v) is 3.08. The lowest BCUT2D eigenvalue weighted by atomic mass is 10.1. The lowest BCUT2D eigenvalue weighted by molar-refractivity contribution is 0.0957. The van der Waals surface area contributed by atoms with E-state index in [-0.39, 0.29) is 12.5 Å². The van der Waals surface area contributed by atoms with Gasteiger partial charge in [0.2, 0.25) is 0 Å². The second-order valence-corrected chi connectivity index (χ2v) is 6.18. The molecule has 0 saturated heterocycles. The highest BCUT2D eigenvalue weighted by atomic mass is 32.1. The molecule has 21 heavy (non-hydrogen) atoms. The molecule has 2 N–H and O–H groups in total. The fraction of sp³-hybridized carbons (Fsp3) is 0.375. The van der Waals surface area contributed by atoms with Gasteiger partial charge in [0.1, 0.15) is 4.88 Å². The normalized spacial score (nSPS) is 14.1. The number of hydrogen-bond donors (Lipinski definition) is 2. The van der Waals surface area contributed by atoms with Crippen LogP contribution in [0.5, 0.6) is 0 Å². The summed E-state index contributed by atoms with van der Waals surface area (Å²) in [7, 11) is 0. The first kappa shape index (κ1) is 14.2. The molecule has 0 spiro atoms. The number of amides is 1. The lowest BCUT2D eigenvalue weighted by Gasteiger charge is -2.06. The van der Waals surface area contributed by atoms with Gasteiger partial charge in [-0.2, -0.15) is 0 Å². The summed E-state index contributed by atoms with van der Waals surface area (Å²) in [6, 6.07) is 7.79. The minimum Gasteiger partial charge on any atom is -0.392 e. The van der Waals surface area contributed by atoms with E-state index in [2.05, 4.69) is 10.3 Å². The largest absolute Gasteiger partial charge is 0.392 e. The van der Waals surface area contributed by atoms with Crippen molar-refractivity contribution in [1.82, 2.24) is 10.3 Å². The number of thiazole rings is 1. The number of aliphatic hydroxyl groups is 1. The summed E-state index contributed by atoms with van der Waals surface area (Å²) in [5.74, 6) is 0.495. The van der Waals surface area contributed by atoms with E-state index < -0.39 is 0 Å². The Balaban J connectivity index is 1.52. The molecule has 2 aromatic rings. The third kappa shape index (κ3) is 3.49. The lowest BCUT2D eigenvalue weighted by Crippen LogP contribution is -2.25. The molecule has 1 aromatic carbocycles. The summed E-state index contributed by atoms with van der Waals surface area (Å²) in [6.07, 6.45) is 3.09. The van der Waals surface area contributed by atoms with E-state index in [4.69, 9.17) is 5.11 Å². The molecule has 1 heterocycles. The van der Waals surface area contributed by atoms with Crippen LogP contribution in [0.15, 0.2) is 29.8 Å². The number of nitrogens with one attached hydrogen (secondary N) is 1. The predicted molar refractivity (Wildman–Crippen MR) is 82.5 cm³/mol. The van der Waals surface area contributed by atoms with Crippen LogP contribution in [0, 0.1) is 0 Å². The maximum Gasteiger partial charge on any atom is 0.263 e. The first-order valence-electron chi connectivity index (χ1n) is 7.18. The highest BCUT2D eigenvalue weighted by molar-refractivity contribution is 7.11. The first-order chi connectivity index (χ1) is 10.3. The van der Waals surface area contributed by atoms with Crippen LogP contribution in [0.2, 0.25) is 0 Å². The van der Waals surface area contributed by atoms with E-state index in [0.717, 1.165) is 41.0 Å². The van der Waals surface area contributed by atoms with Crippen molar-refractivity contribution in [3.63, 3.8) is 0 Å². The van der Waals surface area contributed by atoms with Crippen molar-refractivity contribution < 1.29 is 9.90 Å². The highest BCUT2D eigenvalue weighted by Gasteiger charge is 2.30. The Morgan fingerprint density at radius 2 is 2.00 bits per heavy atom. The Morgan fingerprint density at radius 3 is 2.67 bits per heavy atom. The van der Waals surface area contributed by atoms with Crippen LogP contribution in [-0.2, 0) is 13.0 Å². The van der Waals surface area contributed by atoms with Gasteiger partial charge in [0, 0.05) is 12.5 Å². The van der Waals surface area contributed by atoms with Gasteiger partial charge in [0.05, 0.1) is 17.8 Å². The molecule has 110 valence electrons. The summed E-state index contributed by atoms with van der Waals surface area (Å²) >= 11 is 1.43. The standard InChI is InChI=1S/C16H18N2O2S/c19-9-12-3-1-11(2-4-12)7-8-17-16(20)15-14(13-5-6-13)18-10-21-15/h1-4,10,13,19H,5-9H2,(H,17,20). The van der Waals surface area contributed by atoms with Crippen molar-refractivity contribution in [3.05, 3.63) is 51.5 Å². The Morgan fingerprint density at radius 1 is 1.29 bits per heavy atom. The molecule has 3 rings (SSSR count). The molecule has 0 bridgehead atoms. The quantitative estimate of drug-likeness (QED) is 0.862. The van der Waals surface area contributed by atoms with Crippen molar-refractivity contribution >= 4 is 17.2 Å². The fourth-order valence-electron chi connectivity index (χ4n) is 2.28. The summed E-state index contributed by atoms with van der Waals surface area (Å²) in [4.78, 5) is 17.3. The molecule has 0 atom stereocenters. The van der Waals surface area contributed by atoms with Crippen LogP contribution >= 0.6 is 11.3 Å². The Hall–Kier alpha value is -1.72. The molecular formula is C16H18N2O2S. The van der Waals surface area contributed by atoms with E-state index in [1.54, 1.807) is 5.51 Å². The average Bonchev–Trinajstić information content (AvgIpc) is 3.24. The SMILES string of the molecule is O=C(NCCc1ccc(CO)cc1)c1scnc1C1CC1. The second kappa shape index (κ2) is 6.37. The topological polar surface area (TPSA) is 62.2 Å². The number of rotatable bonds is 6. The van der Waals surface area contributed by atoms with Crippen LogP contribution in [0.4, 0.5) is 0 Å². The number of carbonyl (C=O) groups excluding carboxylic acids is 1. The molecule has 1 amide bonds. The van der Waals surface area contributed by atoms with Gasteiger partial charge in [0.15, 0.2) is 0 Å². The van der Waals surface area contributed by atoms with E-state index >= 15 is 0 Å². The van der Waals surface area contributed by atoms with Gasteiger partial charge >= 0.3 is 0 Å². The summed E-state index contributed by atoms with van der Waals surface area (Å²) in [5.41, 5.74) is 4.79. The molecule has 4 nitrogen and oxygen atoms in total. The molecule has 1 saturated carbocycles.